The van der Waals surface area contributed by atoms with E-state index < -0.39 is 11.5 Å². The van der Waals surface area contributed by atoms with Gasteiger partial charge in [-0.15, -0.1) is 0 Å². The largest absolute Gasteiger partial charge is 0.480 e. The second-order valence-electron chi connectivity index (χ2n) is 5.08. The molecule has 18 heavy (non-hydrogen) atoms. The molecule has 2 rings (SSSR count). The molecule has 0 saturated carbocycles. The molecule has 98 valence electrons. The first kappa shape index (κ1) is 13.0. The van der Waals surface area contributed by atoms with Gasteiger partial charge in [-0.1, -0.05) is 12.1 Å². The standard InChI is InChI=1S/C14H18FNO2/c1-14(13(17)18,16-7-2-3-8-16)10-11-5-4-6-12(15)9-11/h4-6,9H,2-3,7-8,10H2,1H3,(H,17,18). The maximum absolute atomic E-state index is 13.2. The number of hydrogen-bond acceptors (Lipinski definition) is 2. The van der Waals surface area contributed by atoms with E-state index in [1.807, 2.05) is 4.90 Å². The second-order valence-corrected chi connectivity index (χ2v) is 5.08. The Morgan fingerprint density at radius 1 is 1.44 bits per heavy atom. The third-order valence-corrected chi connectivity index (χ3v) is 3.70. The molecule has 0 bridgehead atoms. The van der Waals surface area contributed by atoms with E-state index in [2.05, 4.69) is 0 Å². The summed E-state index contributed by atoms with van der Waals surface area (Å²) in [5.41, 5.74) is -0.212. The molecular formula is C14H18FNO2. The highest BCUT2D eigenvalue weighted by Crippen LogP contribution is 2.26. The fraction of sp³-hybridized carbons (Fsp3) is 0.500. The van der Waals surface area contributed by atoms with Crippen LogP contribution in [0.3, 0.4) is 0 Å². The summed E-state index contributed by atoms with van der Waals surface area (Å²) in [6.07, 6.45) is 2.40. The van der Waals surface area contributed by atoms with Crippen LogP contribution in [0.1, 0.15) is 25.3 Å². The van der Waals surface area contributed by atoms with Crippen LogP contribution in [0, 0.1) is 5.82 Å². The Kier molecular flexibility index (Phi) is 3.66. The molecule has 0 amide bonds. The maximum atomic E-state index is 13.2. The highest BCUT2D eigenvalue weighted by molar-refractivity contribution is 5.78. The van der Waals surface area contributed by atoms with Gasteiger partial charge in [0.1, 0.15) is 11.4 Å². The number of aliphatic carboxylic acids is 1. The van der Waals surface area contributed by atoms with Crippen LogP contribution < -0.4 is 0 Å². The zero-order chi connectivity index (χ0) is 13.2. The lowest BCUT2D eigenvalue weighted by atomic mass is 9.91. The van der Waals surface area contributed by atoms with E-state index in [4.69, 9.17) is 0 Å². The first-order chi connectivity index (χ1) is 8.52. The summed E-state index contributed by atoms with van der Waals surface area (Å²) in [7, 11) is 0. The number of likely N-dealkylation sites (tertiary alicyclic amines) is 1. The predicted octanol–water partition coefficient (Wildman–Crippen LogP) is 2.31. The van der Waals surface area contributed by atoms with Crippen molar-refractivity contribution in [2.75, 3.05) is 13.1 Å². The number of halogens is 1. The van der Waals surface area contributed by atoms with Crippen LogP contribution in [0.15, 0.2) is 24.3 Å². The molecule has 1 fully saturated rings. The van der Waals surface area contributed by atoms with E-state index in [1.165, 1.54) is 12.1 Å². The highest BCUT2D eigenvalue weighted by atomic mass is 19.1. The van der Waals surface area contributed by atoms with Crippen LogP contribution in [-0.2, 0) is 11.2 Å². The lowest BCUT2D eigenvalue weighted by Crippen LogP contribution is -2.52. The summed E-state index contributed by atoms with van der Waals surface area (Å²) in [6, 6.07) is 6.19. The summed E-state index contributed by atoms with van der Waals surface area (Å²) in [5.74, 6) is -1.16. The van der Waals surface area contributed by atoms with Crippen molar-refractivity contribution in [3.8, 4) is 0 Å². The Bertz CT molecular complexity index is 443. The van der Waals surface area contributed by atoms with Crippen molar-refractivity contribution in [3.05, 3.63) is 35.6 Å². The van der Waals surface area contributed by atoms with Crippen LogP contribution in [-0.4, -0.2) is 34.6 Å². The SMILES string of the molecule is CC(Cc1cccc(F)c1)(C(=O)O)N1CCCC1. The Morgan fingerprint density at radius 3 is 2.67 bits per heavy atom. The van der Waals surface area contributed by atoms with Crippen molar-refractivity contribution in [3.63, 3.8) is 0 Å². The van der Waals surface area contributed by atoms with Gasteiger partial charge in [0.15, 0.2) is 0 Å². The second kappa shape index (κ2) is 5.06. The third kappa shape index (κ3) is 2.53. The highest BCUT2D eigenvalue weighted by Gasteiger charge is 2.40. The average molecular weight is 251 g/mol. The summed E-state index contributed by atoms with van der Waals surface area (Å²) < 4.78 is 13.2. The molecule has 0 radical (unpaired) electrons. The van der Waals surface area contributed by atoms with Gasteiger partial charge in [0.05, 0.1) is 0 Å². The zero-order valence-corrected chi connectivity index (χ0v) is 10.5. The Hall–Kier alpha value is -1.42. The fourth-order valence-electron chi connectivity index (χ4n) is 2.58. The molecule has 1 aromatic carbocycles. The van der Waals surface area contributed by atoms with Crippen molar-refractivity contribution in [2.45, 2.75) is 31.7 Å². The van der Waals surface area contributed by atoms with Gasteiger partial charge in [0, 0.05) is 6.42 Å². The quantitative estimate of drug-likeness (QED) is 0.892. The molecule has 1 unspecified atom stereocenters. The summed E-state index contributed by atoms with van der Waals surface area (Å²) >= 11 is 0. The Balaban J connectivity index is 2.22. The van der Waals surface area contributed by atoms with Gasteiger partial charge in [0.25, 0.3) is 0 Å². The molecule has 3 nitrogen and oxygen atoms in total. The van der Waals surface area contributed by atoms with E-state index in [0.717, 1.165) is 31.5 Å². The molecule has 1 heterocycles. The average Bonchev–Trinajstić information content (AvgIpc) is 2.82. The molecule has 1 aromatic rings. The predicted molar refractivity (Wildman–Crippen MR) is 67.0 cm³/mol. The molecule has 1 aliphatic rings. The molecule has 4 heteroatoms. The number of nitrogens with zero attached hydrogens (tertiary/aromatic N) is 1. The number of hydrogen-bond donors (Lipinski definition) is 1. The van der Waals surface area contributed by atoms with E-state index in [1.54, 1.807) is 19.1 Å². The van der Waals surface area contributed by atoms with Gasteiger partial charge >= 0.3 is 5.97 Å². The van der Waals surface area contributed by atoms with Gasteiger partial charge in [0.2, 0.25) is 0 Å². The molecule has 0 spiro atoms. The topological polar surface area (TPSA) is 40.5 Å². The number of rotatable bonds is 4. The third-order valence-electron chi connectivity index (χ3n) is 3.70. The number of benzene rings is 1. The molecule has 0 aromatic heterocycles. The molecule has 1 aliphatic heterocycles. The summed E-state index contributed by atoms with van der Waals surface area (Å²) in [6.45, 7) is 3.34. The normalized spacial score (nSPS) is 19.7. The summed E-state index contributed by atoms with van der Waals surface area (Å²) in [5, 5.41) is 9.49. The monoisotopic (exact) mass is 251 g/mol. The maximum Gasteiger partial charge on any atom is 0.324 e. The van der Waals surface area contributed by atoms with Crippen molar-refractivity contribution in [1.82, 2.24) is 4.90 Å². The van der Waals surface area contributed by atoms with E-state index >= 15 is 0 Å². The van der Waals surface area contributed by atoms with E-state index in [0.29, 0.717) is 6.42 Å². The van der Waals surface area contributed by atoms with E-state index in [9.17, 15) is 14.3 Å². The van der Waals surface area contributed by atoms with Crippen LogP contribution in [0.25, 0.3) is 0 Å². The molecular weight excluding hydrogens is 233 g/mol. The fourth-order valence-corrected chi connectivity index (χ4v) is 2.58. The number of carbonyl (C=O) groups is 1. The molecule has 0 aliphatic carbocycles. The van der Waals surface area contributed by atoms with Gasteiger partial charge in [-0.25, -0.2) is 4.39 Å². The van der Waals surface area contributed by atoms with Crippen molar-refractivity contribution >= 4 is 5.97 Å². The summed E-state index contributed by atoms with van der Waals surface area (Å²) in [4.78, 5) is 13.5. The minimum Gasteiger partial charge on any atom is -0.480 e. The molecule has 1 N–H and O–H groups in total. The number of carboxylic acids is 1. The van der Waals surface area contributed by atoms with Crippen molar-refractivity contribution in [2.24, 2.45) is 0 Å². The molecule has 1 saturated heterocycles. The van der Waals surface area contributed by atoms with Crippen LogP contribution >= 0.6 is 0 Å². The lowest BCUT2D eigenvalue weighted by molar-refractivity contribution is -0.149. The Labute approximate surface area is 106 Å². The smallest absolute Gasteiger partial charge is 0.324 e. The first-order valence-electron chi connectivity index (χ1n) is 6.25. The van der Waals surface area contributed by atoms with Crippen molar-refractivity contribution in [1.29, 1.82) is 0 Å². The van der Waals surface area contributed by atoms with Gasteiger partial charge in [-0.3, -0.25) is 9.69 Å². The van der Waals surface area contributed by atoms with Crippen LogP contribution in [0.5, 0.6) is 0 Å². The lowest BCUT2D eigenvalue weighted by Gasteiger charge is -2.35. The van der Waals surface area contributed by atoms with Crippen LogP contribution in [0.4, 0.5) is 4.39 Å². The van der Waals surface area contributed by atoms with Crippen LogP contribution in [0.2, 0.25) is 0 Å². The van der Waals surface area contributed by atoms with Gasteiger partial charge in [-0.2, -0.15) is 0 Å². The first-order valence-corrected chi connectivity index (χ1v) is 6.25. The minimum atomic E-state index is -0.940. The van der Waals surface area contributed by atoms with Gasteiger partial charge in [-0.05, 0) is 50.6 Å². The van der Waals surface area contributed by atoms with E-state index in [-0.39, 0.29) is 5.82 Å². The van der Waals surface area contributed by atoms with Crippen molar-refractivity contribution < 1.29 is 14.3 Å². The molecule has 1 atom stereocenters. The minimum absolute atomic E-state index is 0.318. The van der Waals surface area contributed by atoms with Gasteiger partial charge < -0.3 is 5.11 Å². The number of carboxylic acid groups (broad SMARTS) is 1. The Morgan fingerprint density at radius 2 is 2.11 bits per heavy atom. The zero-order valence-electron chi connectivity index (χ0n) is 10.5.